The summed E-state index contributed by atoms with van der Waals surface area (Å²) in [5, 5.41) is 3.22. The Balaban J connectivity index is 1.82. The minimum absolute atomic E-state index is 0.0278. The van der Waals surface area contributed by atoms with E-state index in [-0.39, 0.29) is 5.78 Å². The molecule has 0 saturated carbocycles. The number of carbonyl (C=O) groups is 1. The van der Waals surface area contributed by atoms with Crippen LogP contribution >= 0.6 is 0 Å². The van der Waals surface area contributed by atoms with Crippen LogP contribution in [0.4, 0.5) is 5.95 Å². The highest BCUT2D eigenvalue weighted by molar-refractivity contribution is 5.94. The number of nitrogens with one attached hydrogen (secondary N) is 1. The molecule has 0 fully saturated rings. The van der Waals surface area contributed by atoms with Crippen LogP contribution in [0.3, 0.4) is 0 Å². The molecule has 2 aromatic heterocycles. The molecule has 0 spiro atoms. The predicted octanol–water partition coefficient (Wildman–Crippen LogP) is 3.09. The van der Waals surface area contributed by atoms with Crippen LogP contribution in [0, 0.1) is 13.8 Å². The maximum absolute atomic E-state index is 11.5. The highest BCUT2D eigenvalue weighted by Gasteiger charge is 2.09. The quantitative estimate of drug-likeness (QED) is 0.731. The van der Waals surface area contributed by atoms with Gasteiger partial charge < -0.3 is 9.88 Å². The Morgan fingerprint density at radius 1 is 1.21 bits per heavy atom. The molecule has 1 aromatic carbocycles. The van der Waals surface area contributed by atoms with Gasteiger partial charge in [0.15, 0.2) is 5.78 Å². The van der Waals surface area contributed by atoms with E-state index in [4.69, 9.17) is 0 Å². The average Bonchev–Trinajstić information content (AvgIpc) is 2.99. The van der Waals surface area contributed by atoms with Gasteiger partial charge in [0.2, 0.25) is 5.95 Å². The van der Waals surface area contributed by atoms with E-state index >= 15 is 0 Å². The van der Waals surface area contributed by atoms with Crippen LogP contribution in [0.25, 0.3) is 5.69 Å². The van der Waals surface area contributed by atoms with Gasteiger partial charge in [-0.2, -0.15) is 0 Å². The number of hydrogen-bond acceptors (Lipinski definition) is 5. The van der Waals surface area contributed by atoms with Crippen molar-refractivity contribution in [3.63, 3.8) is 0 Å². The number of nitrogens with zero attached hydrogens (tertiary/aromatic N) is 4. The van der Waals surface area contributed by atoms with Crippen molar-refractivity contribution in [2.75, 3.05) is 5.32 Å². The minimum atomic E-state index is -0.0278. The Morgan fingerprint density at radius 3 is 2.67 bits per heavy atom. The van der Waals surface area contributed by atoms with E-state index in [1.54, 1.807) is 12.4 Å². The molecule has 0 radical (unpaired) electrons. The number of carbonyl (C=O) groups excluding carboxylic acids is 1. The topological polar surface area (TPSA) is 72.7 Å². The van der Waals surface area contributed by atoms with Crippen LogP contribution in [0.5, 0.6) is 0 Å². The fourth-order valence-corrected chi connectivity index (χ4v) is 2.60. The third-order valence-electron chi connectivity index (χ3n) is 3.87. The van der Waals surface area contributed by atoms with E-state index in [2.05, 4.69) is 32.4 Å². The molecule has 0 amide bonds. The maximum atomic E-state index is 11.5. The van der Waals surface area contributed by atoms with Gasteiger partial charge in [-0.3, -0.25) is 4.79 Å². The molecule has 0 aliphatic heterocycles. The van der Waals surface area contributed by atoms with Gasteiger partial charge in [0.25, 0.3) is 0 Å². The lowest BCUT2D eigenvalue weighted by Gasteiger charge is -2.13. The summed E-state index contributed by atoms with van der Waals surface area (Å²) in [6.45, 7) is 5.87. The second kappa shape index (κ2) is 6.62. The summed E-state index contributed by atoms with van der Waals surface area (Å²) in [7, 11) is 0. The van der Waals surface area contributed by atoms with E-state index in [0.717, 1.165) is 17.1 Å². The second-order valence-electron chi connectivity index (χ2n) is 5.58. The molecule has 1 N–H and O–H groups in total. The van der Waals surface area contributed by atoms with Gasteiger partial charge in [-0.15, -0.1) is 0 Å². The molecule has 0 bridgehead atoms. The van der Waals surface area contributed by atoms with Crippen LogP contribution in [-0.2, 0) is 6.54 Å². The first-order valence-electron chi connectivity index (χ1n) is 7.73. The SMILES string of the molecule is CC(=O)c1cnc(NCc2ccccc2-n2ccnc2C)nc1C. The third-order valence-corrected chi connectivity index (χ3v) is 3.87. The Labute approximate surface area is 140 Å². The Morgan fingerprint density at radius 2 is 2.00 bits per heavy atom. The number of benzene rings is 1. The van der Waals surface area contributed by atoms with Crippen LogP contribution in [0.15, 0.2) is 42.9 Å². The lowest BCUT2D eigenvalue weighted by Crippen LogP contribution is -2.09. The van der Waals surface area contributed by atoms with Gasteiger partial charge in [0.1, 0.15) is 5.82 Å². The van der Waals surface area contributed by atoms with Crippen molar-refractivity contribution in [3.05, 3.63) is 65.5 Å². The molecular formula is C18H19N5O. The molecule has 2 heterocycles. The summed E-state index contributed by atoms with van der Waals surface area (Å²) >= 11 is 0. The fraction of sp³-hybridized carbons (Fsp3) is 0.222. The number of aromatic nitrogens is 4. The molecule has 0 unspecified atom stereocenters. The van der Waals surface area contributed by atoms with Crippen molar-refractivity contribution in [2.45, 2.75) is 27.3 Å². The van der Waals surface area contributed by atoms with E-state index in [0.29, 0.717) is 23.8 Å². The Kier molecular flexibility index (Phi) is 4.37. The van der Waals surface area contributed by atoms with Gasteiger partial charge in [0.05, 0.1) is 16.9 Å². The largest absolute Gasteiger partial charge is 0.350 e. The fourth-order valence-electron chi connectivity index (χ4n) is 2.60. The number of imidazole rings is 1. The first-order chi connectivity index (χ1) is 11.6. The Hall–Kier alpha value is -3.02. The highest BCUT2D eigenvalue weighted by atomic mass is 16.1. The normalized spacial score (nSPS) is 10.6. The van der Waals surface area contributed by atoms with Crippen LogP contribution in [-0.4, -0.2) is 25.3 Å². The zero-order chi connectivity index (χ0) is 17.1. The zero-order valence-electron chi connectivity index (χ0n) is 13.9. The maximum Gasteiger partial charge on any atom is 0.223 e. The van der Waals surface area contributed by atoms with E-state index < -0.39 is 0 Å². The summed E-state index contributed by atoms with van der Waals surface area (Å²) in [4.78, 5) is 24.3. The molecule has 122 valence electrons. The summed E-state index contributed by atoms with van der Waals surface area (Å²) in [6.07, 6.45) is 5.29. The average molecular weight is 321 g/mol. The first kappa shape index (κ1) is 15.9. The van der Waals surface area contributed by atoms with Crippen molar-refractivity contribution in [2.24, 2.45) is 0 Å². The smallest absolute Gasteiger partial charge is 0.223 e. The van der Waals surface area contributed by atoms with E-state index in [1.807, 2.05) is 36.7 Å². The molecular weight excluding hydrogens is 302 g/mol. The van der Waals surface area contributed by atoms with Gasteiger partial charge in [0, 0.05) is 25.1 Å². The van der Waals surface area contributed by atoms with Crippen molar-refractivity contribution in [1.82, 2.24) is 19.5 Å². The molecule has 24 heavy (non-hydrogen) atoms. The Bertz CT molecular complexity index is 885. The summed E-state index contributed by atoms with van der Waals surface area (Å²) < 4.78 is 2.04. The standard InChI is InChI=1S/C18H19N5O/c1-12-16(13(2)24)11-21-18(22-12)20-10-15-6-4-5-7-17(15)23-9-8-19-14(23)3/h4-9,11H,10H2,1-3H3,(H,20,21,22). The zero-order valence-corrected chi connectivity index (χ0v) is 13.9. The monoisotopic (exact) mass is 321 g/mol. The molecule has 0 aliphatic rings. The van der Waals surface area contributed by atoms with Crippen LogP contribution in [0.1, 0.15) is 34.4 Å². The number of Topliss-reactive ketones (excluding diaryl/α,β-unsaturated/α-hetero) is 1. The van der Waals surface area contributed by atoms with Crippen molar-refractivity contribution >= 4 is 11.7 Å². The number of aryl methyl sites for hydroxylation is 2. The minimum Gasteiger partial charge on any atom is -0.350 e. The molecule has 6 nitrogen and oxygen atoms in total. The molecule has 3 aromatic rings. The third kappa shape index (κ3) is 3.17. The van der Waals surface area contributed by atoms with Crippen molar-refractivity contribution in [3.8, 4) is 5.69 Å². The van der Waals surface area contributed by atoms with Gasteiger partial charge >= 0.3 is 0 Å². The summed E-state index contributed by atoms with van der Waals surface area (Å²) in [6, 6.07) is 8.10. The van der Waals surface area contributed by atoms with Crippen molar-refractivity contribution < 1.29 is 4.79 Å². The van der Waals surface area contributed by atoms with Crippen molar-refractivity contribution in [1.29, 1.82) is 0 Å². The van der Waals surface area contributed by atoms with Crippen LogP contribution < -0.4 is 5.32 Å². The lowest BCUT2D eigenvalue weighted by atomic mass is 10.1. The summed E-state index contributed by atoms with van der Waals surface area (Å²) in [5.74, 6) is 1.41. The van der Waals surface area contributed by atoms with E-state index in [1.165, 1.54) is 6.92 Å². The van der Waals surface area contributed by atoms with Gasteiger partial charge in [-0.25, -0.2) is 15.0 Å². The van der Waals surface area contributed by atoms with E-state index in [9.17, 15) is 4.79 Å². The molecule has 3 rings (SSSR count). The van der Waals surface area contributed by atoms with Crippen LogP contribution in [0.2, 0.25) is 0 Å². The highest BCUT2D eigenvalue weighted by Crippen LogP contribution is 2.17. The molecule has 0 aliphatic carbocycles. The lowest BCUT2D eigenvalue weighted by molar-refractivity contribution is 0.101. The number of para-hydroxylation sites is 1. The number of rotatable bonds is 5. The predicted molar refractivity (Wildman–Crippen MR) is 92.4 cm³/mol. The molecule has 0 atom stereocenters. The van der Waals surface area contributed by atoms with Gasteiger partial charge in [-0.05, 0) is 32.4 Å². The number of ketones is 1. The molecule has 0 saturated heterocycles. The number of hydrogen-bond donors (Lipinski definition) is 1. The number of anilines is 1. The summed E-state index contributed by atoms with van der Waals surface area (Å²) in [5.41, 5.74) is 3.40. The molecule has 6 heteroatoms. The first-order valence-corrected chi connectivity index (χ1v) is 7.73. The van der Waals surface area contributed by atoms with Gasteiger partial charge in [-0.1, -0.05) is 18.2 Å². The second-order valence-corrected chi connectivity index (χ2v) is 5.58.